The van der Waals surface area contributed by atoms with Gasteiger partial charge in [0.25, 0.3) is 0 Å². The third-order valence-electron chi connectivity index (χ3n) is 2.46. The molecule has 1 aliphatic rings. The molecule has 1 fully saturated rings. The molecule has 0 aliphatic carbocycles. The highest BCUT2D eigenvalue weighted by atomic mass is 16.5. The summed E-state index contributed by atoms with van der Waals surface area (Å²) < 4.78 is 6.73. The summed E-state index contributed by atoms with van der Waals surface area (Å²) in [7, 11) is 0. The van der Waals surface area contributed by atoms with Gasteiger partial charge in [-0.1, -0.05) is 0 Å². The summed E-state index contributed by atoms with van der Waals surface area (Å²) >= 11 is 0. The molecule has 0 spiro atoms. The van der Waals surface area contributed by atoms with E-state index >= 15 is 0 Å². The topological polar surface area (TPSA) is 59.9 Å². The largest absolute Gasteiger partial charge is 0.377 e. The molecule has 3 rings (SSSR count). The van der Waals surface area contributed by atoms with Gasteiger partial charge in [0.05, 0.1) is 24.8 Å². The van der Waals surface area contributed by atoms with Crippen LogP contribution in [0.25, 0.3) is 11.2 Å². The Morgan fingerprint density at radius 1 is 1.57 bits per heavy atom. The van der Waals surface area contributed by atoms with Crippen LogP contribution >= 0.6 is 0 Å². The number of imidazole rings is 1. The van der Waals surface area contributed by atoms with Crippen LogP contribution in [0, 0.1) is 0 Å². The monoisotopic (exact) mass is 191 g/mol. The molecule has 0 unspecified atom stereocenters. The van der Waals surface area contributed by atoms with Crippen LogP contribution in [0.1, 0.15) is 6.04 Å². The number of aromatic nitrogens is 3. The molecule has 1 N–H and O–H groups in total. The molecule has 0 bridgehead atoms. The first-order valence-electron chi connectivity index (χ1n) is 4.49. The highest BCUT2D eigenvalue weighted by molar-refractivity contribution is 5.70. The fourth-order valence-electron chi connectivity index (χ4n) is 1.67. The molecule has 5 heteroatoms. The molecule has 72 valence electrons. The van der Waals surface area contributed by atoms with Crippen molar-refractivity contribution in [3.8, 4) is 0 Å². The number of hydrogen-bond acceptors (Lipinski definition) is 3. The van der Waals surface area contributed by atoms with E-state index in [2.05, 4.69) is 9.97 Å². The molecule has 0 atom stereocenters. The Balaban J connectivity index is 2.29. The van der Waals surface area contributed by atoms with E-state index in [1.807, 2.05) is 6.07 Å². The Bertz CT molecular complexity index is 524. The van der Waals surface area contributed by atoms with Crippen LogP contribution in [-0.4, -0.2) is 27.7 Å². The summed E-state index contributed by atoms with van der Waals surface area (Å²) in [5.74, 6) is 0. The number of nitrogens with zero attached hydrogens (tertiary/aromatic N) is 2. The second-order valence-electron chi connectivity index (χ2n) is 3.37. The van der Waals surface area contributed by atoms with Crippen molar-refractivity contribution in [2.45, 2.75) is 6.04 Å². The van der Waals surface area contributed by atoms with Crippen LogP contribution in [0.5, 0.6) is 0 Å². The minimum absolute atomic E-state index is 0.105. The predicted molar refractivity (Wildman–Crippen MR) is 50.2 cm³/mol. The Hall–Kier alpha value is -1.62. The maximum Gasteiger partial charge on any atom is 0.328 e. The molecule has 14 heavy (non-hydrogen) atoms. The molecular weight excluding hydrogens is 182 g/mol. The van der Waals surface area contributed by atoms with Crippen molar-refractivity contribution in [3.63, 3.8) is 0 Å². The van der Waals surface area contributed by atoms with E-state index in [1.54, 1.807) is 16.8 Å². The summed E-state index contributed by atoms with van der Waals surface area (Å²) in [5, 5.41) is 0. The van der Waals surface area contributed by atoms with Crippen molar-refractivity contribution in [1.29, 1.82) is 0 Å². The normalized spacial score (nSPS) is 17.1. The van der Waals surface area contributed by atoms with Crippen LogP contribution in [0.4, 0.5) is 0 Å². The Labute approximate surface area is 79.3 Å². The first-order chi connectivity index (χ1) is 6.86. The first kappa shape index (κ1) is 7.75. The zero-order valence-corrected chi connectivity index (χ0v) is 7.43. The Kier molecular flexibility index (Phi) is 1.49. The van der Waals surface area contributed by atoms with Crippen molar-refractivity contribution >= 4 is 11.2 Å². The lowest BCUT2D eigenvalue weighted by Gasteiger charge is -2.26. The lowest BCUT2D eigenvalue weighted by Crippen LogP contribution is -2.36. The van der Waals surface area contributed by atoms with Crippen LogP contribution in [0.15, 0.2) is 23.1 Å². The SMILES string of the molecule is O=c1[nH]c2cccnc2n1C1COC1. The number of ether oxygens (including phenoxy) is 1. The quantitative estimate of drug-likeness (QED) is 0.705. The van der Waals surface area contributed by atoms with Crippen LogP contribution in [0.3, 0.4) is 0 Å². The molecule has 1 aliphatic heterocycles. The zero-order valence-electron chi connectivity index (χ0n) is 7.43. The number of nitrogens with one attached hydrogen (secondary N) is 1. The van der Waals surface area contributed by atoms with Gasteiger partial charge in [-0.25, -0.2) is 9.78 Å². The minimum atomic E-state index is -0.105. The average Bonchev–Trinajstić information content (AvgIpc) is 2.41. The second-order valence-corrected chi connectivity index (χ2v) is 3.37. The van der Waals surface area contributed by atoms with E-state index < -0.39 is 0 Å². The Morgan fingerprint density at radius 3 is 3.14 bits per heavy atom. The molecular formula is C9H9N3O2. The summed E-state index contributed by atoms with van der Waals surface area (Å²) in [6, 6.07) is 3.80. The molecule has 0 aromatic carbocycles. The fourth-order valence-corrected chi connectivity index (χ4v) is 1.67. The number of fused-ring (bicyclic) bond motifs is 1. The van der Waals surface area contributed by atoms with Crippen molar-refractivity contribution < 1.29 is 4.74 Å². The molecule has 0 amide bonds. The number of aromatic amines is 1. The number of rotatable bonds is 1. The number of hydrogen-bond donors (Lipinski definition) is 1. The summed E-state index contributed by atoms with van der Waals surface area (Å²) in [6.07, 6.45) is 1.69. The van der Waals surface area contributed by atoms with Crippen LogP contribution < -0.4 is 5.69 Å². The van der Waals surface area contributed by atoms with Crippen molar-refractivity contribution in [1.82, 2.24) is 14.5 Å². The van der Waals surface area contributed by atoms with Gasteiger partial charge in [0.15, 0.2) is 5.65 Å². The average molecular weight is 191 g/mol. The van der Waals surface area contributed by atoms with Crippen molar-refractivity contribution in [2.24, 2.45) is 0 Å². The third-order valence-corrected chi connectivity index (χ3v) is 2.46. The van der Waals surface area contributed by atoms with E-state index in [-0.39, 0.29) is 11.7 Å². The minimum Gasteiger partial charge on any atom is -0.377 e. The summed E-state index contributed by atoms with van der Waals surface area (Å²) in [4.78, 5) is 18.5. The van der Waals surface area contributed by atoms with Crippen molar-refractivity contribution in [2.75, 3.05) is 13.2 Å². The van der Waals surface area contributed by atoms with E-state index in [1.165, 1.54) is 0 Å². The van der Waals surface area contributed by atoms with E-state index in [0.29, 0.717) is 18.9 Å². The lowest BCUT2D eigenvalue weighted by molar-refractivity contribution is -0.0231. The van der Waals surface area contributed by atoms with E-state index in [0.717, 1.165) is 5.52 Å². The molecule has 0 radical (unpaired) electrons. The molecule has 0 saturated carbocycles. The number of H-pyrrole nitrogens is 1. The summed E-state index contributed by atoms with van der Waals surface area (Å²) in [6.45, 7) is 1.20. The zero-order chi connectivity index (χ0) is 9.54. The van der Waals surface area contributed by atoms with Crippen LogP contribution in [0.2, 0.25) is 0 Å². The van der Waals surface area contributed by atoms with Gasteiger partial charge in [0.1, 0.15) is 0 Å². The lowest BCUT2D eigenvalue weighted by atomic mass is 10.2. The highest BCUT2D eigenvalue weighted by Gasteiger charge is 2.24. The molecule has 2 aromatic heterocycles. The first-order valence-corrected chi connectivity index (χ1v) is 4.49. The highest BCUT2D eigenvalue weighted by Crippen LogP contribution is 2.18. The van der Waals surface area contributed by atoms with Gasteiger partial charge >= 0.3 is 5.69 Å². The Morgan fingerprint density at radius 2 is 2.43 bits per heavy atom. The molecule has 1 saturated heterocycles. The predicted octanol–water partition coefficient (Wildman–Crippen LogP) is 0.296. The van der Waals surface area contributed by atoms with Gasteiger partial charge in [0, 0.05) is 6.20 Å². The van der Waals surface area contributed by atoms with E-state index in [9.17, 15) is 4.79 Å². The third kappa shape index (κ3) is 0.927. The molecule has 2 aromatic rings. The van der Waals surface area contributed by atoms with Crippen LogP contribution in [-0.2, 0) is 4.74 Å². The maximum absolute atomic E-state index is 11.6. The van der Waals surface area contributed by atoms with Gasteiger partial charge in [-0.15, -0.1) is 0 Å². The van der Waals surface area contributed by atoms with Gasteiger partial charge in [-0.05, 0) is 12.1 Å². The van der Waals surface area contributed by atoms with Crippen molar-refractivity contribution in [3.05, 3.63) is 28.8 Å². The fraction of sp³-hybridized carbons (Fsp3) is 0.333. The van der Waals surface area contributed by atoms with Gasteiger partial charge in [0.2, 0.25) is 0 Å². The van der Waals surface area contributed by atoms with Gasteiger partial charge < -0.3 is 9.72 Å². The van der Waals surface area contributed by atoms with Gasteiger partial charge in [-0.3, -0.25) is 4.57 Å². The standard InChI is InChI=1S/C9H9N3O2/c13-9-11-7-2-1-3-10-8(7)12(9)6-4-14-5-6/h1-3,6H,4-5H2,(H,11,13). The second kappa shape index (κ2) is 2.68. The molecule has 3 heterocycles. The maximum atomic E-state index is 11.6. The smallest absolute Gasteiger partial charge is 0.328 e. The number of pyridine rings is 1. The van der Waals surface area contributed by atoms with E-state index in [4.69, 9.17) is 4.74 Å². The molecule has 5 nitrogen and oxygen atoms in total. The summed E-state index contributed by atoms with van der Waals surface area (Å²) in [5.41, 5.74) is 1.39. The van der Waals surface area contributed by atoms with Gasteiger partial charge in [-0.2, -0.15) is 0 Å².